The van der Waals surface area contributed by atoms with Gasteiger partial charge in [0, 0.05) is 31.6 Å². The molecule has 6 nitrogen and oxygen atoms in total. The minimum Gasteiger partial charge on any atom is -0.382 e. The molecule has 1 aromatic rings. The lowest BCUT2D eigenvalue weighted by Crippen LogP contribution is -2.46. The van der Waals surface area contributed by atoms with Gasteiger partial charge in [-0.1, -0.05) is 6.92 Å². The molecule has 2 fully saturated rings. The van der Waals surface area contributed by atoms with Crippen molar-refractivity contribution in [2.24, 2.45) is 5.92 Å². The number of hydrogen-bond donors (Lipinski definition) is 1. The van der Waals surface area contributed by atoms with Gasteiger partial charge in [-0.05, 0) is 44.4 Å². The fourth-order valence-corrected chi connectivity index (χ4v) is 3.61. The number of nitrogens with two attached hydrogens (primary N) is 1. The summed E-state index contributed by atoms with van der Waals surface area (Å²) >= 11 is 0. The second kappa shape index (κ2) is 7.25. The number of carbonyl (C=O) groups excluding carboxylic acids is 1. The number of carbonyl (C=O) groups is 1. The predicted molar refractivity (Wildman–Crippen MR) is 87.9 cm³/mol. The second-order valence-corrected chi connectivity index (χ2v) is 6.80. The molecule has 1 aliphatic heterocycles. The van der Waals surface area contributed by atoms with E-state index in [1.165, 1.54) is 12.4 Å². The molecule has 0 spiro atoms. The largest absolute Gasteiger partial charge is 0.382 e. The normalized spacial score (nSPS) is 27.8. The lowest BCUT2D eigenvalue weighted by molar-refractivity contribution is 0.0338. The Kier molecular flexibility index (Phi) is 5.10. The third kappa shape index (κ3) is 3.80. The van der Waals surface area contributed by atoms with Crippen molar-refractivity contribution in [3.63, 3.8) is 0 Å². The van der Waals surface area contributed by atoms with Crippen molar-refractivity contribution in [2.45, 2.75) is 57.6 Å². The quantitative estimate of drug-likeness (QED) is 0.921. The molecule has 1 unspecified atom stereocenters. The van der Waals surface area contributed by atoms with Crippen LogP contribution in [-0.4, -0.2) is 46.1 Å². The molecule has 6 heteroatoms. The third-order valence-corrected chi connectivity index (χ3v) is 5.04. The van der Waals surface area contributed by atoms with E-state index in [4.69, 9.17) is 10.5 Å². The zero-order chi connectivity index (χ0) is 16.2. The van der Waals surface area contributed by atoms with Gasteiger partial charge in [-0.3, -0.25) is 4.79 Å². The van der Waals surface area contributed by atoms with Crippen molar-refractivity contribution in [2.75, 3.05) is 18.9 Å². The molecule has 1 atom stereocenters. The van der Waals surface area contributed by atoms with Gasteiger partial charge in [-0.2, -0.15) is 0 Å². The topological polar surface area (TPSA) is 81.3 Å². The summed E-state index contributed by atoms with van der Waals surface area (Å²) < 4.78 is 5.75. The third-order valence-electron chi connectivity index (χ3n) is 5.04. The Morgan fingerprint density at radius 3 is 2.65 bits per heavy atom. The van der Waals surface area contributed by atoms with Crippen LogP contribution < -0.4 is 5.73 Å². The standard InChI is InChI=1S/C17H26N4O2/c1-12-4-6-13(7-5-12)21(11-14-3-2-10-23-14)17(22)15-16(18)20-9-8-19-15/h8-9,12-14H,2-7,10-11H2,1H3,(H2,18,20). The van der Waals surface area contributed by atoms with Crippen molar-refractivity contribution in [3.05, 3.63) is 18.1 Å². The molecular weight excluding hydrogens is 292 g/mol. The van der Waals surface area contributed by atoms with E-state index in [1.54, 1.807) is 0 Å². The molecule has 1 saturated carbocycles. The van der Waals surface area contributed by atoms with Crippen LogP contribution in [0, 0.1) is 5.92 Å². The van der Waals surface area contributed by atoms with Crippen molar-refractivity contribution >= 4 is 11.7 Å². The van der Waals surface area contributed by atoms with Gasteiger partial charge in [-0.15, -0.1) is 0 Å². The summed E-state index contributed by atoms with van der Waals surface area (Å²) in [5.41, 5.74) is 6.13. The highest BCUT2D eigenvalue weighted by Gasteiger charge is 2.32. The highest BCUT2D eigenvalue weighted by Crippen LogP contribution is 2.29. The average Bonchev–Trinajstić information content (AvgIpc) is 3.07. The van der Waals surface area contributed by atoms with Gasteiger partial charge < -0.3 is 15.4 Å². The predicted octanol–water partition coefficient (Wildman–Crippen LogP) is 2.26. The van der Waals surface area contributed by atoms with Crippen LogP contribution in [0.15, 0.2) is 12.4 Å². The van der Waals surface area contributed by atoms with Gasteiger partial charge in [0.2, 0.25) is 0 Å². The van der Waals surface area contributed by atoms with Crippen LogP contribution in [-0.2, 0) is 4.74 Å². The number of amides is 1. The van der Waals surface area contributed by atoms with E-state index < -0.39 is 0 Å². The second-order valence-electron chi connectivity index (χ2n) is 6.80. The van der Waals surface area contributed by atoms with Gasteiger partial charge in [0.1, 0.15) is 0 Å². The van der Waals surface area contributed by atoms with Crippen molar-refractivity contribution in [3.8, 4) is 0 Å². The Morgan fingerprint density at radius 1 is 1.26 bits per heavy atom. The lowest BCUT2D eigenvalue weighted by atomic mass is 9.86. The number of anilines is 1. The molecule has 0 aromatic carbocycles. The minimum atomic E-state index is -0.106. The van der Waals surface area contributed by atoms with E-state index in [0.717, 1.165) is 51.0 Å². The van der Waals surface area contributed by atoms with E-state index >= 15 is 0 Å². The number of aromatic nitrogens is 2. The molecule has 0 radical (unpaired) electrons. The Bertz CT molecular complexity index is 537. The van der Waals surface area contributed by atoms with Gasteiger partial charge in [0.25, 0.3) is 5.91 Å². The van der Waals surface area contributed by atoms with E-state index in [-0.39, 0.29) is 29.6 Å². The van der Waals surface area contributed by atoms with Crippen LogP contribution in [0.1, 0.15) is 55.9 Å². The fraction of sp³-hybridized carbons (Fsp3) is 0.706. The first-order chi connectivity index (χ1) is 11.1. The molecule has 2 aliphatic rings. The zero-order valence-electron chi connectivity index (χ0n) is 13.8. The average molecular weight is 318 g/mol. The van der Waals surface area contributed by atoms with Gasteiger partial charge >= 0.3 is 0 Å². The van der Waals surface area contributed by atoms with E-state index in [0.29, 0.717) is 6.54 Å². The van der Waals surface area contributed by atoms with Gasteiger partial charge in [-0.25, -0.2) is 9.97 Å². The van der Waals surface area contributed by atoms with E-state index in [9.17, 15) is 4.79 Å². The maximum atomic E-state index is 13.0. The number of nitrogen functional groups attached to an aromatic ring is 1. The fourth-order valence-electron chi connectivity index (χ4n) is 3.61. The Labute approximate surface area is 137 Å². The van der Waals surface area contributed by atoms with Crippen LogP contribution in [0.2, 0.25) is 0 Å². The minimum absolute atomic E-state index is 0.106. The van der Waals surface area contributed by atoms with Crippen LogP contribution in [0.25, 0.3) is 0 Å². The first kappa shape index (κ1) is 16.2. The Balaban J connectivity index is 1.78. The molecule has 3 rings (SSSR count). The lowest BCUT2D eigenvalue weighted by Gasteiger charge is -2.37. The molecule has 1 aromatic heterocycles. The van der Waals surface area contributed by atoms with Crippen molar-refractivity contribution in [1.29, 1.82) is 0 Å². The molecule has 23 heavy (non-hydrogen) atoms. The molecule has 2 heterocycles. The summed E-state index contributed by atoms with van der Waals surface area (Å²) in [5.74, 6) is 0.845. The summed E-state index contributed by atoms with van der Waals surface area (Å²) in [6.45, 7) is 3.71. The van der Waals surface area contributed by atoms with Gasteiger partial charge in [0.05, 0.1) is 6.10 Å². The zero-order valence-corrected chi connectivity index (χ0v) is 13.8. The van der Waals surface area contributed by atoms with E-state index in [2.05, 4.69) is 16.9 Å². The highest BCUT2D eigenvalue weighted by atomic mass is 16.5. The summed E-state index contributed by atoms with van der Waals surface area (Å²) in [6.07, 6.45) is 9.67. The van der Waals surface area contributed by atoms with Crippen LogP contribution in [0.3, 0.4) is 0 Å². The highest BCUT2D eigenvalue weighted by molar-refractivity contribution is 5.96. The van der Waals surface area contributed by atoms with Crippen LogP contribution in [0.5, 0.6) is 0 Å². The molecule has 1 aliphatic carbocycles. The SMILES string of the molecule is CC1CCC(N(CC2CCCO2)C(=O)c2nccnc2N)CC1. The maximum absolute atomic E-state index is 13.0. The van der Waals surface area contributed by atoms with Gasteiger partial charge in [0.15, 0.2) is 11.5 Å². The molecule has 1 amide bonds. The first-order valence-corrected chi connectivity index (χ1v) is 8.64. The van der Waals surface area contributed by atoms with Crippen LogP contribution >= 0.6 is 0 Å². The molecule has 0 bridgehead atoms. The Hall–Kier alpha value is -1.69. The summed E-state index contributed by atoms with van der Waals surface area (Å²) in [4.78, 5) is 23.1. The monoisotopic (exact) mass is 318 g/mol. The van der Waals surface area contributed by atoms with Crippen molar-refractivity contribution < 1.29 is 9.53 Å². The Morgan fingerprint density at radius 2 is 2.00 bits per heavy atom. The van der Waals surface area contributed by atoms with Crippen molar-refractivity contribution in [1.82, 2.24) is 14.9 Å². The molecule has 126 valence electrons. The first-order valence-electron chi connectivity index (χ1n) is 8.64. The molecule has 2 N–H and O–H groups in total. The number of nitrogens with zero attached hydrogens (tertiary/aromatic N) is 3. The molecular formula is C17H26N4O2. The maximum Gasteiger partial charge on any atom is 0.276 e. The summed E-state index contributed by atoms with van der Waals surface area (Å²) in [6, 6.07) is 0.254. The summed E-state index contributed by atoms with van der Waals surface area (Å²) in [5, 5.41) is 0. The number of ether oxygens (including phenoxy) is 1. The van der Waals surface area contributed by atoms with Crippen LogP contribution in [0.4, 0.5) is 5.82 Å². The summed E-state index contributed by atoms with van der Waals surface area (Å²) in [7, 11) is 0. The smallest absolute Gasteiger partial charge is 0.276 e. The van der Waals surface area contributed by atoms with E-state index in [1.807, 2.05) is 4.90 Å². The number of rotatable bonds is 4. The number of hydrogen-bond acceptors (Lipinski definition) is 5. The molecule has 1 saturated heterocycles.